The molecule has 1 N–H and O–H groups in total. The van der Waals surface area contributed by atoms with Crippen molar-refractivity contribution in [3.05, 3.63) is 0 Å². The molecule has 1 amide bonds. The number of cyclic esters (lactones) is 1. The minimum absolute atomic E-state index is 0.214. The Hall–Kier alpha value is -0.380. The minimum Gasteiger partial charge on any atom is -0.447 e. The Labute approximate surface area is 76.2 Å². The molecule has 3 nitrogen and oxygen atoms in total. The first-order valence-corrected chi connectivity index (χ1v) is 5.26. The second-order valence-electron chi connectivity index (χ2n) is 3.56. The molecule has 2 aliphatic rings. The van der Waals surface area contributed by atoms with Gasteiger partial charge in [-0.1, -0.05) is 0 Å². The minimum atomic E-state index is -0.256. The van der Waals surface area contributed by atoms with E-state index in [9.17, 15) is 4.79 Å². The molecule has 2 heterocycles. The number of thioether (sulfide) groups is 1. The number of amides is 1. The van der Waals surface area contributed by atoms with Gasteiger partial charge in [0.15, 0.2) is 0 Å². The highest BCUT2D eigenvalue weighted by atomic mass is 32.2. The maximum Gasteiger partial charge on any atom is 0.407 e. The molecule has 0 aliphatic carbocycles. The Bertz CT molecular complexity index is 201. The Morgan fingerprint density at radius 2 is 2.58 bits per heavy atom. The van der Waals surface area contributed by atoms with Gasteiger partial charge in [0.05, 0.1) is 6.04 Å². The molecule has 0 spiro atoms. The van der Waals surface area contributed by atoms with E-state index in [4.69, 9.17) is 4.74 Å². The summed E-state index contributed by atoms with van der Waals surface area (Å²) in [4.78, 5) is 10.8. The van der Waals surface area contributed by atoms with Gasteiger partial charge in [-0.25, -0.2) is 4.79 Å². The van der Waals surface area contributed by atoms with Gasteiger partial charge in [-0.2, -0.15) is 11.8 Å². The fourth-order valence-corrected chi connectivity index (χ4v) is 3.16. The van der Waals surface area contributed by atoms with E-state index < -0.39 is 0 Å². The van der Waals surface area contributed by atoms with Gasteiger partial charge in [-0.3, -0.25) is 0 Å². The molecule has 4 heteroatoms. The summed E-state index contributed by atoms with van der Waals surface area (Å²) in [6.07, 6.45) is 2.19. The van der Waals surface area contributed by atoms with Gasteiger partial charge in [0, 0.05) is 4.75 Å². The highest BCUT2D eigenvalue weighted by Gasteiger charge is 2.42. The van der Waals surface area contributed by atoms with Crippen molar-refractivity contribution in [3.63, 3.8) is 0 Å². The molecule has 2 rings (SSSR count). The molecule has 0 saturated carbocycles. The van der Waals surface area contributed by atoms with E-state index in [2.05, 4.69) is 12.2 Å². The molecule has 2 fully saturated rings. The van der Waals surface area contributed by atoms with Gasteiger partial charge in [0.2, 0.25) is 0 Å². The van der Waals surface area contributed by atoms with E-state index in [0.29, 0.717) is 6.61 Å². The number of rotatable bonds is 1. The summed E-state index contributed by atoms with van der Waals surface area (Å²) < 4.78 is 5.09. The van der Waals surface area contributed by atoms with Crippen LogP contribution in [0.25, 0.3) is 0 Å². The van der Waals surface area contributed by atoms with Gasteiger partial charge in [-0.05, 0) is 25.5 Å². The van der Waals surface area contributed by atoms with Gasteiger partial charge in [-0.15, -0.1) is 0 Å². The number of alkyl carbamates (subject to hydrolysis) is 1. The van der Waals surface area contributed by atoms with Crippen LogP contribution in [0.3, 0.4) is 0 Å². The monoisotopic (exact) mass is 187 g/mol. The molecule has 2 unspecified atom stereocenters. The third-order valence-corrected chi connectivity index (χ3v) is 4.30. The summed E-state index contributed by atoms with van der Waals surface area (Å²) in [5.74, 6) is 1.21. The SMILES string of the molecule is CC1(C2COC(=O)N2)CCCS1. The lowest BCUT2D eigenvalue weighted by Crippen LogP contribution is -2.43. The van der Waals surface area contributed by atoms with Crippen LogP contribution < -0.4 is 5.32 Å². The van der Waals surface area contributed by atoms with Gasteiger partial charge in [0.1, 0.15) is 6.61 Å². The number of ether oxygens (including phenoxy) is 1. The van der Waals surface area contributed by atoms with Crippen molar-refractivity contribution in [2.45, 2.75) is 30.6 Å². The highest BCUT2D eigenvalue weighted by Crippen LogP contribution is 2.41. The maximum absolute atomic E-state index is 10.8. The molecule has 0 bridgehead atoms. The first-order chi connectivity index (χ1) is 5.71. The number of carbonyl (C=O) groups excluding carboxylic acids is 1. The van der Waals surface area contributed by atoms with E-state index in [1.165, 1.54) is 18.6 Å². The van der Waals surface area contributed by atoms with Crippen LogP contribution in [0.15, 0.2) is 0 Å². The van der Waals surface area contributed by atoms with E-state index in [1.54, 1.807) is 0 Å². The average molecular weight is 187 g/mol. The topological polar surface area (TPSA) is 38.3 Å². The van der Waals surface area contributed by atoms with Crippen molar-refractivity contribution in [2.24, 2.45) is 0 Å². The van der Waals surface area contributed by atoms with E-state index in [1.807, 2.05) is 11.8 Å². The molecule has 0 aromatic rings. The molecular weight excluding hydrogens is 174 g/mol. The van der Waals surface area contributed by atoms with Gasteiger partial charge in [0.25, 0.3) is 0 Å². The zero-order valence-corrected chi connectivity index (χ0v) is 7.95. The Kier molecular flexibility index (Phi) is 1.94. The second-order valence-corrected chi connectivity index (χ2v) is 5.19. The van der Waals surface area contributed by atoms with E-state index in [-0.39, 0.29) is 16.9 Å². The summed E-state index contributed by atoms with van der Waals surface area (Å²) in [5.41, 5.74) is 0. The lowest BCUT2D eigenvalue weighted by atomic mass is 9.97. The lowest BCUT2D eigenvalue weighted by molar-refractivity contribution is 0.176. The third-order valence-electron chi connectivity index (χ3n) is 2.66. The van der Waals surface area contributed by atoms with Crippen LogP contribution in [0.4, 0.5) is 4.79 Å². The van der Waals surface area contributed by atoms with Crippen LogP contribution >= 0.6 is 11.8 Å². The van der Waals surface area contributed by atoms with E-state index >= 15 is 0 Å². The summed E-state index contributed by atoms with van der Waals surface area (Å²) in [6, 6.07) is 0.220. The van der Waals surface area contributed by atoms with Crippen LogP contribution in [-0.4, -0.2) is 29.2 Å². The average Bonchev–Trinajstić information content (AvgIpc) is 2.59. The third kappa shape index (κ3) is 1.28. The molecule has 2 aliphatic heterocycles. The molecule has 68 valence electrons. The largest absolute Gasteiger partial charge is 0.447 e. The van der Waals surface area contributed by atoms with E-state index in [0.717, 1.165) is 0 Å². The first kappa shape index (κ1) is 8.23. The van der Waals surface area contributed by atoms with Gasteiger partial charge < -0.3 is 10.1 Å². The first-order valence-electron chi connectivity index (χ1n) is 4.28. The van der Waals surface area contributed by atoms with Crippen LogP contribution in [0.2, 0.25) is 0 Å². The van der Waals surface area contributed by atoms with Crippen molar-refractivity contribution >= 4 is 17.9 Å². The zero-order chi connectivity index (χ0) is 8.60. The quantitative estimate of drug-likeness (QED) is 0.674. The number of carbonyl (C=O) groups is 1. The predicted octanol–water partition coefficient (Wildman–Crippen LogP) is 1.38. The molecule has 12 heavy (non-hydrogen) atoms. The van der Waals surface area contributed by atoms with Crippen molar-refractivity contribution in [2.75, 3.05) is 12.4 Å². The lowest BCUT2D eigenvalue weighted by Gasteiger charge is -2.27. The number of hydrogen-bond donors (Lipinski definition) is 1. The highest BCUT2D eigenvalue weighted by molar-refractivity contribution is 8.00. The Morgan fingerprint density at radius 3 is 3.08 bits per heavy atom. The predicted molar refractivity (Wildman–Crippen MR) is 48.4 cm³/mol. The summed E-state index contributed by atoms with van der Waals surface area (Å²) >= 11 is 1.95. The standard InChI is InChI=1S/C8H13NO2S/c1-8(3-2-4-12-8)6-5-11-7(10)9-6/h6H,2-5H2,1H3,(H,9,10). The van der Waals surface area contributed by atoms with Crippen LogP contribution in [0, 0.1) is 0 Å². The molecule has 0 aromatic carbocycles. The molecule has 0 aromatic heterocycles. The summed E-state index contributed by atoms with van der Waals surface area (Å²) in [5, 5.41) is 2.85. The molecule has 0 radical (unpaired) electrons. The van der Waals surface area contributed by atoms with Crippen molar-refractivity contribution in [1.82, 2.24) is 5.32 Å². The summed E-state index contributed by atoms with van der Waals surface area (Å²) in [7, 11) is 0. The fourth-order valence-electron chi connectivity index (χ4n) is 1.79. The van der Waals surface area contributed by atoms with Crippen molar-refractivity contribution < 1.29 is 9.53 Å². The molecular formula is C8H13NO2S. The Balaban J connectivity index is 2.03. The Morgan fingerprint density at radius 1 is 1.75 bits per heavy atom. The van der Waals surface area contributed by atoms with Crippen LogP contribution in [-0.2, 0) is 4.74 Å². The fraction of sp³-hybridized carbons (Fsp3) is 0.875. The second kappa shape index (κ2) is 2.83. The maximum atomic E-state index is 10.8. The zero-order valence-electron chi connectivity index (χ0n) is 7.13. The smallest absolute Gasteiger partial charge is 0.407 e. The molecule has 2 saturated heterocycles. The van der Waals surface area contributed by atoms with Crippen LogP contribution in [0.1, 0.15) is 19.8 Å². The number of hydrogen-bond acceptors (Lipinski definition) is 3. The van der Waals surface area contributed by atoms with Crippen molar-refractivity contribution in [1.29, 1.82) is 0 Å². The normalized spacial score (nSPS) is 41.1. The number of nitrogens with one attached hydrogen (secondary N) is 1. The summed E-state index contributed by atoms with van der Waals surface area (Å²) in [6.45, 7) is 2.76. The van der Waals surface area contributed by atoms with Gasteiger partial charge >= 0.3 is 6.09 Å². The molecule has 2 atom stereocenters. The van der Waals surface area contributed by atoms with Crippen LogP contribution in [0.5, 0.6) is 0 Å². The van der Waals surface area contributed by atoms with Crippen molar-refractivity contribution in [3.8, 4) is 0 Å².